The summed E-state index contributed by atoms with van der Waals surface area (Å²) in [5.41, 5.74) is 2.18. The van der Waals surface area contributed by atoms with Crippen molar-refractivity contribution in [3.63, 3.8) is 0 Å². The van der Waals surface area contributed by atoms with Crippen LogP contribution in [-0.4, -0.2) is 55.7 Å². The number of hydrogen-bond acceptors (Lipinski definition) is 5. The molecule has 172 valence electrons. The number of benzene rings is 2. The van der Waals surface area contributed by atoms with E-state index in [9.17, 15) is 9.59 Å². The highest BCUT2D eigenvalue weighted by Crippen LogP contribution is 2.26. The van der Waals surface area contributed by atoms with Crippen molar-refractivity contribution < 1.29 is 23.8 Å². The van der Waals surface area contributed by atoms with Gasteiger partial charge in [0.2, 0.25) is 0 Å². The SMILES string of the molecule is CCOc1ccccc1OCC(=O)NC1CCN(C(=O)COc2ccc(C)cc2C)CC1. The van der Waals surface area contributed by atoms with Crippen LogP contribution in [0.5, 0.6) is 17.2 Å². The van der Waals surface area contributed by atoms with Crippen molar-refractivity contribution in [2.75, 3.05) is 32.9 Å². The fourth-order valence-electron chi connectivity index (χ4n) is 3.72. The predicted molar refractivity (Wildman–Crippen MR) is 122 cm³/mol. The van der Waals surface area contributed by atoms with Crippen LogP contribution in [0, 0.1) is 13.8 Å². The molecule has 0 radical (unpaired) electrons. The Kier molecular flexibility index (Phi) is 8.36. The number of rotatable bonds is 9. The minimum atomic E-state index is -0.181. The molecule has 0 bridgehead atoms. The summed E-state index contributed by atoms with van der Waals surface area (Å²) >= 11 is 0. The van der Waals surface area contributed by atoms with Gasteiger partial charge < -0.3 is 24.4 Å². The van der Waals surface area contributed by atoms with Gasteiger partial charge >= 0.3 is 0 Å². The Morgan fingerprint density at radius 1 is 0.938 bits per heavy atom. The average Bonchev–Trinajstić information content (AvgIpc) is 2.78. The zero-order chi connectivity index (χ0) is 22.9. The van der Waals surface area contributed by atoms with Crippen LogP contribution in [0.4, 0.5) is 0 Å². The lowest BCUT2D eigenvalue weighted by Gasteiger charge is -2.32. The van der Waals surface area contributed by atoms with Gasteiger partial charge in [-0.05, 0) is 57.4 Å². The van der Waals surface area contributed by atoms with Gasteiger partial charge in [-0.1, -0.05) is 29.8 Å². The van der Waals surface area contributed by atoms with Crippen molar-refractivity contribution in [3.8, 4) is 17.2 Å². The predicted octanol–water partition coefficient (Wildman–Crippen LogP) is 3.27. The van der Waals surface area contributed by atoms with Crippen molar-refractivity contribution in [1.29, 1.82) is 0 Å². The fourth-order valence-corrected chi connectivity index (χ4v) is 3.72. The number of carbonyl (C=O) groups excluding carboxylic acids is 2. The normalized spacial score (nSPS) is 14.0. The van der Waals surface area contributed by atoms with Crippen molar-refractivity contribution in [3.05, 3.63) is 53.6 Å². The molecule has 32 heavy (non-hydrogen) atoms. The smallest absolute Gasteiger partial charge is 0.260 e. The number of para-hydroxylation sites is 2. The maximum absolute atomic E-state index is 12.5. The molecule has 0 saturated carbocycles. The lowest BCUT2D eigenvalue weighted by atomic mass is 10.1. The number of likely N-dealkylation sites (tertiary alicyclic amines) is 1. The standard InChI is InChI=1S/C25H32N2O5/c1-4-30-22-7-5-6-8-23(22)31-16-24(28)26-20-11-13-27(14-12-20)25(29)17-32-21-10-9-18(2)15-19(21)3/h5-10,15,20H,4,11-14,16-17H2,1-3H3,(H,26,28). The topological polar surface area (TPSA) is 77.1 Å². The first kappa shape index (κ1) is 23.4. The zero-order valence-electron chi connectivity index (χ0n) is 19.1. The third-order valence-electron chi connectivity index (χ3n) is 5.40. The Morgan fingerprint density at radius 2 is 1.59 bits per heavy atom. The van der Waals surface area contributed by atoms with Crippen LogP contribution < -0.4 is 19.5 Å². The third kappa shape index (κ3) is 6.64. The van der Waals surface area contributed by atoms with E-state index in [-0.39, 0.29) is 31.1 Å². The highest BCUT2D eigenvalue weighted by Gasteiger charge is 2.24. The highest BCUT2D eigenvalue weighted by atomic mass is 16.5. The molecular weight excluding hydrogens is 408 g/mol. The molecule has 7 heteroatoms. The molecule has 0 aromatic heterocycles. The van der Waals surface area contributed by atoms with Crippen molar-refractivity contribution in [2.45, 2.75) is 39.7 Å². The van der Waals surface area contributed by atoms with Gasteiger partial charge in [0.1, 0.15) is 5.75 Å². The van der Waals surface area contributed by atoms with E-state index < -0.39 is 0 Å². The maximum atomic E-state index is 12.5. The summed E-state index contributed by atoms with van der Waals surface area (Å²) < 4.78 is 16.8. The van der Waals surface area contributed by atoms with Crippen LogP contribution in [0.2, 0.25) is 0 Å². The molecule has 1 aliphatic heterocycles. The lowest BCUT2D eigenvalue weighted by Crippen LogP contribution is -2.48. The van der Waals surface area contributed by atoms with Crippen LogP contribution in [-0.2, 0) is 9.59 Å². The zero-order valence-corrected chi connectivity index (χ0v) is 19.1. The second-order valence-electron chi connectivity index (χ2n) is 7.95. The van der Waals surface area contributed by atoms with E-state index in [1.807, 2.05) is 57.2 Å². The largest absolute Gasteiger partial charge is 0.490 e. The maximum Gasteiger partial charge on any atom is 0.260 e. The molecule has 2 aromatic rings. The Labute approximate surface area is 189 Å². The summed E-state index contributed by atoms with van der Waals surface area (Å²) in [5, 5.41) is 3.00. The van der Waals surface area contributed by atoms with E-state index in [0.717, 1.165) is 16.9 Å². The van der Waals surface area contributed by atoms with E-state index in [1.54, 1.807) is 11.0 Å². The summed E-state index contributed by atoms with van der Waals surface area (Å²) in [7, 11) is 0. The lowest BCUT2D eigenvalue weighted by molar-refractivity contribution is -0.134. The molecule has 0 spiro atoms. The first-order valence-electron chi connectivity index (χ1n) is 11.1. The summed E-state index contributed by atoms with van der Waals surface area (Å²) in [6, 6.07) is 13.2. The molecule has 0 unspecified atom stereocenters. The molecule has 7 nitrogen and oxygen atoms in total. The third-order valence-corrected chi connectivity index (χ3v) is 5.40. The summed E-state index contributed by atoms with van der Waals surface area (Å²) in [6.45, 7) is 7.55. The molecule has 1 aliphatic rings. The molecule has 0 aliphatic carbocycles. The number of carbonyl (C=O) groups is 2. The number of piperidine rings is 1. The Morgan fingerprint density at radius 3 is 2.25 bits per heavy atom. The van der Waals surface area contributed by atoms with Crippen molar-refractivity contribution in [2.24, 2.45) is 0 Å². The number of ether oxygens (including phenoxy) is 3. The monoisotopic (exact) mass is 440 g/mol. The van der Waals surface area contributed by atoms with Gasteiger partial charge in [0, 0.05) is 19.1 Å². The Bertz CT molecular complexity index is 922. The van der Waals surface area contributed by atoms with Crippen molar-refractivity contribution in [1.82, 2.24) is 10.2 Å². The van der Waals surface area contributed by atoms with Gasteiger partial charge in [0.15, 0.2) is 24.7 Å². The first-order valence-corrected chi connectivity index (χ1v) is 11.1. The second kappa shape index (κ2) is 11.4. The van der Waals surface area contributed by atoms with E-state index >= 15 is 0 Å². The number of nitrogens with one attached hydrogen (secondary N) is 1. The van der Waals surface area contributed by atoms with Gasteiger partial charge in [-0.2, -0.15) is 0 Å². The first-order chi connectivity index (χ1) is 15.5. The van der Waals surface area contributed by atoms with Crippen LogP contribution in [0.1, 0.15) is 30.9 Å². The molecule has 1 heterocycles. The van der Waals surface area contributed by atoms with E-state index in [0.29, 0.717) is 44.0 Å². The van der Waals surface area contributed by atoms with Gasteiger partial charge in [-0.25, -0.2) is 0 Å². The van der Waals surface area contributed by atoms with Gasteiger partial charge in [-0.3, -0.25) is 9.59 Å². The molecule has 1 fully saturated rings. The minimum absolute atomic E-state index is 0.0218. The van der Waals surface area contributed by atoms with E-state index in [1.165, 1.54) is 0 Å². The number of nitrogens with zero attached hydrogens (tertiary/aromatic N) is 1. The summed E-state index contributed by atoms with van der Waals surface area (Å²) in [4.78, 5) is 26.6. The molecule has 2 aromatic carbocycles. The van der Waals surface area contributed by atoms with Gasteiger partial charge in [-0.15, -0.1) is 0 Å². The van der Waals surface area contributed by atoms with Crippen LogP contribution in [0.25, 0.3) is 0 Å². The summed E-state index contributed by atoms with van der Waals surface area (Å²) in [6.07, 6.45) is 1.41. The number of amides is 2. The number of aryl methyl sites for hydroxylation is 2. The molecule has 1 N–H and O–H groups in total. The van der Waals surface area contributed by atoms with Gasteiger partial charge in [0.05, 0.1) is 6.61 Å². The quantitative estimate of drug-likeness (QED) is 0.648. The molecular formula is C25H32N2O5. The molecule has 1 saturated heterocycles. The van der Waals surface area contributed by atoms with Gasteiger partial charge in [0.25, 0.3) is 11.8 Å². The second-order valence-corrected chi connectivity index (χ2v) is 7.95. The Hall–Kier alpha value is -3.22. The molecule has 0 atom stereocenters. The average molecular weight is 441 g/mol. The highest BCUT2D eigenvalue weighted by molar-refractivity contribution is 5.79. The fraction of sp³-hybridized carbons (Fsp3) is 0.440. The van der Waals surface area contributed by atoms with Crippen LogP contribution in [0.15, 0.2) is 42.5 Å². The van der Waals surface area contributed by atoms with E-state index in [4.69, 9.17) is 14.2 Å². The minimum Gasteiger partial charge on any atom is -0.490 e. The molecule has 2 amide bonds. The number of hydrogen-bond donors (Lipinski definition) is 1. The van der Waals surface area contributed by atoms with Crippen LogP contribution in [0.3, 0.4) is 0 Å². The summed E-state index contributed by atoms with van der Waals surface area (Å²) in [5.74, 6) is 1.69. The van der Waals surface area contributed by atoms with E-state index in [2.05, 4.69) is 5.32 Å². The van der Waals surface area contributed by atoms with Crippen LogP contribution >= 0.6 is 0 Å². The molecule has 3 rings (SSSR count). The Balaban J connectivity index is 1.38. The van der Waals surface area contributed by atoms with Crippen molar-refractivity contribution >= 4 is 11.8 Å².